The molecule has 2 aromatic carbocycles. The third kappa shape index (κ3) is 4.71. The minimum atomic E-state index is -1.25. The second-order valence-electron chi connectivity index (χ2n) is 11.5. The Morgan fingerprint density at radius 1 is 1.12 bits per heavy atom. The van der Waals surface area contributed by atoms with E-state index in [9.17, 15) is 19.5 Å². The van der Waals surface area contributed by atoms with Crippen molar-refractivity contribution in [3.8, 4) is 0 Å². The highest BCUT2D eigenvalue weighted by atomic mass is 79.9. The molecule has 1 N–H and O–H groups in total. The summed E-state index contributed by atoms with van der Waals surface area (Å²) < 4.78 is 6.70. The number of benzene rings is 2. The number of aliphatic hydroxyl groups is 1. The summed E-state index contributed by atoms with van der Waals surface area (Å²) in [6.45, 7) is 13.5. The van der Waals surface area contributed by atoms with E-state index in [0.717, 1.165) is 16.8 Å². The van der Waals surface area contributed by atoms with Gasteiger partial charge >= 0.3 is 0 Å². The topological polar surface area (TPSA) is 90.4 Å². The third-order valence-corrected chi connectivity index (χ3v) is 9.71. The van der Waals surface area contributed by atoms with Gasteiger partial charge in [0.1, 0.15) is 11.6 Å². The number of alkyl halides is 1. The van der Waals surface area contributed by atoms with E-state index < -0.39 is 35.6 Å². The molecule has 3 aliphatic rings. The maximum atomic E-state index is 14.7. The van der Waals surface area contributed by atoms with Gasteiger partial charge in [-0.05, 0) is 56.5 Å². The van der Waals surface area contributed by atoms with Crippen LogP contribution in [0.2, 0.25) is 0 Å². The molecule has 3 aliphatic heterocycles. The Balaban J connectivity index is 1.62. The Morgan fingerprint density at radius 2 is 1.79 bits per heavy atom. The maximum Gasteiger partial charge on any atom is 0.253 e. The molecular formula is C33H38BrN3O5. The third-order valence-electron chi connectivity index (χ3n) is 8.86. The quantitative estimate of drug-likeness (QED) is 0.313. The van der Waals surface area contributed by atoms with E-state index in [0.29, 0.717) is 12.1 Å². The molecule has 222 valence electrons. The molecule has 0 aliphatic carbocycles. The van der Waals surface area contributed by atoms with Crippen LogP contribution >= 0.6 is 15.9 Å². The van der Waals surface area contributed by atoms with E-state index in [1.165, 1.54) is 4.90 Å². The normalized spacial score (nSPS) is 28.4. The molecule has 2 bridgehead atoms. The van der Waals surface area contributed by atoms with Crippen LogP contribution in [0.1, 0.15) is 24.5 Å². The number of halogens is 1. The number of fused-ring (bicyclic) bond motifs is 1. The Bertz CT molecular complexity index is 1400. The second kappa shape index (κ2) is 11.8. The van der Waals surface area contributed by atoms with Crippen molar-refractivity contribution < 1.29 is 24.2 Å². The fourth-order valence-electron chi connectivity index (χ4n) is 7.02. The van der Waals surface area contributed by atoms with E-state index in [2.05, 4.69) is 29.1 Å². The van der Waals surface area contributed by atoms with Crippen LogP contribution < -0.4 is 9.80 Å². The summed E-state index contributed by atoms with van der Waals surface area (Å²) in [5.41, 5.74) is 2.06. The standard InChI is InChI=1S/C33H38BrN3O5/c1-6-15-35(23-11-9-8-10-12-23)30(39)26-27-31(40)37(22(5)19-38)29(33(27)18-24(34)28(26)42-33)32(41)36(16-7-2)25-17-20(3)13-14-21(25)4/h6-14,17,22,24,26-29,38H,1-2,15-16,18-19H2,3-5H3/t22-,24?,26+,27+,28+,29?,33?/m1/s1. The molecule has 0 saturated carbocycles. The molecule has 7 atom stereocenters. The van der Waals surface area contributed by atoms with Crippen molar-refractivity contribution in [1.29, 1.82) is 0 Å². The number of para-hydroxylation sites is 1. The zero-order valence-corrected chi connectivity index (χ0v) is 25.9. The van der Waals surface area contributed by atoms with Crippen molar-refractivity contribution in [3.05, 3.63) is 85.0 Å². The molecular weight excluding hydrogens is 598 g/mol. The lowest BCUT2D eigenvalue weighted by Gasteiger charge is -2.39. The number of nitrogens with zero attached hydrogens (tertiary/aromatic N) is 3. The summed E-state index contributed by atoms with van der Waals surface area (Å²) in [5, 5.41) is 10.2. The molecule has 0 radical (unpaired) electrons. The first-order chi connectivity index (χ1) is 20.1. The second-order valence-corrected chi connectivity index (χ2v) is 12.7. The van der Waals surface area contributed by atoms with Gasteiger partial charge in [0.05, 0.1) is 30.6 Å². The largest absolute Gasteiger partial charge is 0.394 e. The first-order valence-electron chi connectivity index (χ1n) is 14.3. The van der Waals surface area contributed by atoms with Crippen molar-refractivity contribution in [2.75, 3.05) is 29.5 Å². The van der Waals surface area contributed by atoms with Crippen molar-refractivity contribution in [1.82, 2.24) is 4.90 Å². The lowest BCUT2D eigenvalue weighted by molar-refractivity contribution is -0.143. The average Bonchev–Trinajstić information content (AvgIpc) is 3.58. The summed E-state index contributed by atoms with van der Waals surface area (Å²) in [6.07, 6.45) is 3.09. The molecule has 3 fully saturated rings. The Morgan fingerprint density at radius 3 is 2.43 bits per heavy atom. The fraction of sp³-hybridized carbons (Fsp3) is 0.424. The van der Waals surface area contributed by atoms with E-state index >= 15 is 0 Å². The molecule has 3 heterocycles. The van der Waals surface area contributed by atoms with E-state index in [1.807, 2.05) is 62.4 Å². The Labute approximate surface area is 255 Å². The van der Waals surface area contributed by atoms with Crippen LogP contribution in [-0.2, 0) is 19.1 Å². The molecule has 5 rings (SSSR count). The van der Waals surface area contributed by atoms with Crippen LogP contribution in [0, 0.1) is 25.7 Å². The van der Waals surface area contributed by atoms with Crippen LogP contribution in [0.4, 0.5) is 11.4 Å². The molecule has 2 aromatic rings. The number of ether oxygens (including phenoxy) is 1. The number of hydrogen-bond acceptors (Lipinski definition) is 5. The van der Waals surface area contributed by atoms with Crippen molar-refractivity contribution >= 4 is 45.0 Å². The number of carbonyl (C=O) groups excluding carboxylic acids is 3. The fourth-order valence-corrected chi connectivity index (χ4v) is 7.97. The molecule has 0 aromatic heterocycles. The molecule has 3 saturated heterocycles. The zero-order chi connectivity index (χ0) is 30.3. The van der Waals surface area contributed by atoms with E-state index in [-0.39, 0.29) is 42.2 Å². The number of anilines is 2. The van der Waals surface area contributed by atoms with Crippen LogP contribution in [-0.4, -0.2) is 76.0 Å². The van der Waals surface area contributed by atoms with Crippen LogP contribution in [0.25, 0.3) is 0 Å². The number of carbonyl (C=O) groups is 3. The van der Waals surface area contributed by atoms with Gasteiger partial charge in [-0.15, -0.1) is 13.2 Å². The van der Waals surface area contributed by atoms with Crippen LogP contribution in [0.15, 0.2) is 73.8 Å². The highest BCUT2D eigenvalue weighted by molar-refractivity contribution is 9.09. The number of aryl methyl sites for hydroxylation is 2. The highest BCUT2D eigenvalue weighted by Gasteiger charge is 2.77. The minimum Gasteiger partial charge on any atom is -0.394 e. The van der Waals surface area contributed by atoms with Gasteiger partial charge < -0.3 is 24.5 Å². The van der Waals surface area contributed by atoms with Gasteiger partial charge in [-0.1, -0.05) is 58.4 Å². The molecule has 42 heavy (non-hydrogen) atoms. The van der Waals surface area contributed by atoms with Crippen LogP contribution in [0.5, 0.6) is 0 Å². The van der Waals surface area contributed by atoms with Crippen LogP contribution in [0.3, 0.4) is 0 Å². The average molecular weight is 637 g/mol. The van der Waals surface area contributed by atoms with Gasteiger partial charge in [-0.2, -0.15) is 0 Å². The number of amides is 3. The SMILES string of the molecule is C=CCN(C(=O)[C@H]1[C@H]2C(=O)N([C@H](C)CO)C(C(=O)N(CC=C)c3cc(C)ccc3C)C23CC(Br)[C@@H]1O3)c1ccccc1. The van der Waals surface area contributed by atoms with Gasteiger partial charge in [0.15, 0.2) is 0 Å². The first kappa shape index (κ1) is 30.2. The lowest BCUT2D eigenvalue weighted by atomic mass is 9.70. The van der Waals surface area contributed by atoms with Gasteiger partial charge in [0, 0.05) is 29.3 Å². The summed E-state index contributed by atoms with van der Waals surface area (Å²) in [4.78, 5) is 48.0. The molecule has 1 spiro atoms. The smallest absolute Gasteiger partial charge is 0.253 e. The number of rotatable bonds is 10. The first-order valence-corrected chi connectivity index (χ1v) is 15.2. The monoisotopic (exact) mass is 635 g/mol. The van der Waals surface area contributed by atoms with Gasteiger partial charge in [-0.25, -0.2) is 0 Å². The van der Waals surface area contributed by atoms with Gasteiger partial charge in [0.2, 0.25) is 11.8 Å². The number of aliphatic hydroxyl groups excluding tert-OH is 1. The van der Waals surface area contributed by atoms with Crippen molar-refractivity contribution in [3.63, 3.8) is 0 Å². The molecule has 8 nitrogen and oxygen atoms in total. The molecule has 3 unspecified atom stereocenters. The highest BCUT2D eigenvalue weighted by Crippen LogP contribution is 2.61. The summed E-state index contributed by atoms with van der Waals surface area (Å²) in [7, 11) is 0. The summed E-state index contributed by atoms with van der Waals surface area (Å²) in [5.74, 6) is -2.62. The van der Waals surface area contributed by atoms with E-state index in [1.54, 1.807) is 28.9 Å². The predicted molar refractivity (Wildman–Crippen MR) is 167 cm³/mol. The maximum absolute atomic E-state index is 14.7. The number of likely N-dealkylation sites (tertiary alicyclic amines) is 1. The van der Waals surface area contributed by atoms with E-state index in [4.69, 9.17) is 4.74 Å². The van der Waals surface area contributed by atoms with Crippen molar-refractivity contribution in [2.24, 2.45) is 11.8 Å². The zero-order valence-electron chi connectivity index (χ0n) is 24.3. The summed E-state index contributed by atoms with van der Waals surface area (Å²) in [6, 6.07) is 13.5. The Kier molecular flexibility index (Phi) is 8.47. The number of hydrogen-bond donors (Lipinski definition) is 1. The molecule has 9 heteroatoms. The van der Waals surface area contributed by atoms with Gasteiger partial charge in [0.25, 0.3) is 5.91 Å². The van der Waals surface area contributed by atoms with Crippen molar-refractivity contribution in [2.45, 2.75) is 55.8 Å². The minimum absolute atomic E-state index is 0.223. The van der Waals surface area contributed by atoms with Gasteiger partial charge in [-0.3, -0.25) is 14.4 Å². The lowest BCUT2D eigenvalue weighted by Crippen LogP contribution is -2.59. The predicted octanol–water partition coefficient (Wildman–Crippen LogP) is 4.17. The summed E-state index contributed by atoms with van der Waals surface area (Å²) >= 11 is 3.75. The molecule has 3 amide bonds. The Hall–Kier alpha value is -3.27.